The molecule has 1 N–H and O–H groups in total. The molecule has 0 fully saturated rings. The Morgan fingerprint density at radius 2 is 1.85 bits per heavy atom. The molecule has 0 saturated carbocycles. The van der Waals surface area contributed by atoms with Gasteiger partial charge >= 0.3 is 6.09 Å². The van der Waals surface area contributed by atoms with Gasteiger partial charge in [0.15, 0.2) is 0 Å². The standard InChI is InChI=1S/C19H15N3O5/c1-13-12-15(21-11-3-2-4-18(21)23)7-10-17(13)20-19(24)27-16-8-5-14(6-9-16)22(25)26/h2-12H,1H3,(H,20,24). The van der Waals surface area contributed by atoms with Crippen LogP contribution in [-0.4, -0.2) is 15.6 Å². The number of amides is 1. The zero-order valence-corrected chi connectivity index (χ0v) is 14.3. The van der Waals surface area contributed by atoms with Gasteiger partial charge in [0.1, 0.15) is 5.75 Å². The maximum atomic E-state index is 12.0. The third-order valence-corrected chi connectivity index (χ3v) is 3.81. The molecule has 0 saturated heterocycles. The number of ether oxygens (including phenoxy) is 1. The largest absolute Gasteiger partial charge is 0.417 e. The van der Waals surface area contributed by atoms with Gasteiger partial charge in [-0.25, -0.2) is 4.79 Å². The number of hydrogen-bond acceptors (Lipinski definition) is 5. The first-order chi connectivity index (χ1) is 12.9. The average molecular weight is 365 g/mol. The molecular weight excluding hydrogens is 350 g/mol. The molecule has 8 heteroatoms. The summed E-state index contributed by atoms with van der Waals surface area (Å²) in [5.74, 6) is 0.184. The number of carbonyl (C=O) groups excluding carboxylic acids is 1. The molecule has 0 bridgehead atoms. The molecule has 1 heterocycles. The second kappa shape index (κ2) is 7.52. The zero-order valence-electron chi connectivity index (χ0n) is 14.3. The normalized spacial score (nSPS) is 10.3. The summed E-state index contributed by atoms with van der Waals surface area (Å²) in [4.78, 5) is 34.0. The lowest BCUT2D eigenvalue weighted by atomic mass is 10.1. The lowest BCUT2D eigenvalue weighted by Gasteiger charge is -2.11. The molecular formula is C19H15N3O5. The molecule has 8 nitrogen and oxygen atoms in total. The van der Waals surface area contributed by atoms with E-state index in [9.17, 15) is 19.7 Å². The number of carbonyl (C=O) groups is 1. The zero-order chi connectivity index (χ0) is 19.4. The van der Waals surface area contributed by atoms with Gasteiger partial charge in [-0.05, 0) is 48.9 Å². The maximum Gasteiger partial charge on any atom is 0.417 e. The second-order valence-electron chi connectivity index (χ2n) is 5.67. The highest BCUT2D eigenvalue weighted by atomic mass is 16.6. The predicted molar refractivity (Wildman–Crippen MR) is 99.5 cm³/mol. The first-order valence-electron chi connectivity index (χ1n) is 7.96. The Morgan fingerprint density at radius 1 is 1.11 bits per heavy atom. The molecule has 0 unspecified atom stereocenters. The quantitative estimate of drug-likeness (QED) is 0.561. The van der Waals surface area contributed by atoms with Gasteiger partial charge in [0.2, 0.25) is 0 Å². The molecule has 1 amide bonds. The average Bonchev–Trinajstić information content (AvgIpc) is 2.64. The van der Waals surface area contributed by atoms with Crippen molar-refractivity contribution in [3.05, 3.63) is 92.9 Å². The van der Waals surface area contributed by atoms with E-state index in [1.165, 1.54) is 34.9 Å². The third-order valence-electron chi connectivity index (χ3n) is 3.81. The number of benzene rings is 2. The van der Waals surface area contributed by atoms with Gasteiger partial charge in [0, 0.05) is 35.8 Å². The van der Waals surface area contributed by atoms with E-state index in [1.54, 1.807) is 43.5 Å². The molecule has 0 spiro atoms. The number of non-ortho nitro benzene ring substituents is 1. The number of aromatic nitrogens is 1. The monoisotopic (exact) mass is 365 g/mol. The van der Waals surface area contributed by atoms with Crippen molar-refractivity contribution in [2.45, 2.75) is 6.92 Å². The van der Waals surface area contributed by atoms with Crippen LogP contribution in [0, 0.1) is 17.0 Å². The summed E-state index contributed by atoms with van der Waals surface area (Å²) in [7, 11) is 0. The van der Waals surface area contributed by atoms with Crippen LogP contribution in [0.3, 0.4) is 0 Å². The number of nitro benzene ring substituents is 1. The number of nitrogens with one attached hydrogen (secondary N) is 1. The van der Waals surface area contributed by atoms with Crippen molar-refractivity contribution in [3.8, 4) is 11.4 Å². The summed E-state index contributed by atoms with van der Waals surface area (Å²) in [6.07, 6.45) is 0.934. The molecule has 3 aromatic rings. The Labute approximate surface area is 153 Å². The molecule has 27 heavy (non-hydrogen) atoms. The van der Waals surface area contributed by atoms with E-state index in [0.29, 0.717) is 11.4 Å². The number of aryl methyl sites for hydroxylation is 1. The van der Waals surface area contributed by atoms with Crippen molar-refractivity contribution < 1.29 is 14.5 Å². The van der Waals surface area contributed by atoms with Gasteiger partial charge in [0.05, 0.1) is 4.92 Å². The molecule has 136 valence electrons. The number of pyridine rings is 1. The van der Waals surface area contributed by atoms with E-state index < -0.39 is 11.0 Å². The SMILES string of the molecule is Cc1cc(-n2ccccc2=O)ccc1NC(=O)Oc1ccc([N+](=O)[O-])cc1. The van der Waals surface area contributed by atoms with Crippen LogP contribution < -0.4 is 15.6 Å². The van der Waals surface area contributed by atoms with Crippen LogP contribution in [0.4, 0.5) is 16.2 Å². The second-order valence-corrected chi connectivity index (χ2v) is 5.67. The Kier molecular flexibility index (Phi) is 4.98. The first-order valence-corrected chi connectivity index (χ1v) is 7.96. The highest BCUT2D eigenvalue weighted by Crippen LogP contribution is 2.20. The van der Waals surface area contributed by atoms with E-state index in [0.717, 1.165) is 5.56 Å². The lowest BCUT2D eigenvalue weighted by Crippen LogP contribution is -2.18. The minimum absolute atomic E-state index is 0.0923. The van der Waals surface area contributed by atoms with Crippen molar-refractivity contribution in [1.82, 2.24) is 4.57 Å². The fraction of sp³-hybridized carbons (Fsp3) is 0.0526. The minimum Gasteiger partial charge on any atom is -0.410 e. The van der Waals surface area contributed by atoms with Crippen molar-refractivity contribution >= 4 is 17.5 Å². The van der Waals surface area contributed by atoms with Crippen LogP contribution in [0.5, 0.6) is 5.75 Å². The summed E-state index contributed by atoms with van der Waals surface area (Å²) in [6, 6.07) is 15.2. The summed E-state index contributed by atoms with van der Waals surface area (Å²) in [5.41, 5.74) is 1.69. The molecule has 0 radical (unpaired) electrons. The number of nitro groups is 1. The minimum atomic E-state index is -0.725. The summed E-state index contributed by atoms with van der Waals surface area (Å²) >= 11 is 0. The van der Waals surface area contributed by atoms with Gasteiger partial charge in [0.25, 0.3) is 11.2 Å². The van der Waals surface area contributed by atoms with Crippen molar-refractivity contribution in [3.63, 3.8) is 0 Å². The Bertz CT molecular complexity index is 1060. The van der Waals surface area contributed by atoms with Crippen LogP contribution in [0.1, 0.15) is 5.56 Å². The van der Waals surface area contributed by atoms with Gasteiger partial charge in [-0.2, -0.15) is 0 Å². The number of anilines is 1. The van der Waals surface area contributed by atoms with Crippen LogP contribution in [0.25, 0.3) is 5.69 Å². The summed E-state index contributed by atoms with van der Waals surface area (Å²) < 4.78 is 6.61. The Hall–Kier alpha value is -3.94. The fourth-order valence-corrected chi connectivity index (χ4v) is 2.46. The summed E-state index contributed by atoms with van der Waals surface area (Å²) in [6.45, 7) is 1.79. The Morgan fingerprint density at radius 3 is 2.48 bits per heavy atom. The van der Waals surface area contributed by atoms with E-state index in [-0.39, 0.29) is 17.0 Å². The number of nitrogens with zero attached hydrogens (tertiary/aromatic N) is 2. The van der Waals surface area contributed by atoms with Crippen molar-refractivity contribution in [1.29, 1.82) is 0 Å². The Balaban J connectivity index is 1.72. The third kappa shape index (κ3) is 4.18. The smallest absolute Gasteiger partial charge is 0.410 e. The van der Waals surface area contributed by atoms with Gasteiger partial charge in [-0.3, -0.25) is 24.8 Å². The maximum absolute atomic E-state index is 12.0. The van der Waals surface area contributed by atoms with Gasteiger partial charge in [-0.15, -0.1) is 0 Å². The highest BCUT2D eigenvalue weighted by Gasteiger charge is 2.10. The number of hydrogen-bond donors (Lipinski definition) is 1. The van der Waals surface area contributed by atoms with Crippen LogP contribution >= 0.6 is 0 Å². The molecule has 0 atom stereocenters. The van der Waals surface area contributed by atoms with E-state index in [1.807, 2.05) is 0 Å². The van der Waals surface area contributed by atoms with Gasteiger partial charge < -0.3 is 4.74 Å². The lowest BCUT2D eigenvalue weighted by molar-refractivity contribution is -0.384. The van der Waals surface area contributed by atoms with Crippen molar-refractivity contribution in [2.75, 3.05) is 5.32 Å². The van der Waals surface area contributed by atoms with Gasteiger partial charge in [-0.1, -0.05) is 6.07 Å². The summed E-state index contributed by atoms with van der Waals surface area (Å²) in [5, 5.41) is 13.2. The van der Waals surface area contributed by atoms with Crippen LogP contribution in [0.15, 0.2) is 71.7 Å². The molecule has 3 rings (SSSR count). The molecule has 0 aliphatic heterocycles. The number of rotatable bonds is 4. The molecule has 0 aliphatic rings. The highest BCUT2D eigenvalue weighted by molar-refractivity contribution is 5.87. The van der Waals surface area contributed by atoms with E-state index >= 15 is 0 Å². The van der Waals surface area contributed by atoms with E-state index in [2.05, 4.69) is 5.32 Å². The first kappa shape index (κ1) is 17.9. The predicted octanol–water partition coefficient (Wildman–Crippen LogP) is 3.67. The van der Waals surface area contributed by atoms with Crippen molar-refractivity contribution in [2.24, 2.45) is 0 Å². The topological polar surface area (TPSA) is 103 Å². The molecule has 1 aromatic heterocycles. The van der Waals surface area contributed by atoms with Crippen LogP contribution in [0.2, 0.25) is 0 Å². The molecule has 2 aromatic carbocycles. The fourth-order valence-electron chi connectivity index (χ4n) is 2.46. The molecule has 0 aliphatic carbocycles. The van der Waals surface area contributed by atoms with Crippen LogP contribution in [-0.2, 0) is 0 Å². The van der Waals surface area contributed by atoms with E-state index in [4.69, 9.17) is 4.74 Å².